The number of halogens is 1. The van der Waals surface area contributed by atoms with E-state index in [0.29, 0.717) is 12.1 Å². The highest BCUT2D eigenvalue weighted by Crippen LogP contribution is 2.34. The molecule has 1 N–H and O–H groups in total. The SMILES string of the molecule is CC(=O)N1c2ccc(S(=O)(=O)CCC(=O)Nc3ccc(Br)c(C)c3)cc2CC1C. The van der Waals surface area contributed by atoms with E-state index in [0.717, 1.165) is 21.3 Å². The van der Waals surface area contributed by atoms with Gasteiger partial charge in [-0.25, -0.2) is 8.42 Å². The molecule has 0 radical (unpaired) electrons. The smallest absolute Gasteiger partial charge is 0.225 e. The van der Waals surface area contributed by atoms with Crippen LogP contribution in [0.15, 0.2) is 45.8 Å². The Hall–Kier alpha value is -2.19. The summed E-state index contributed by atoms with van der Waals surface area (Å²) in [5.41, 5.74) is 3.20. The van der Waals surface area contributed by atoms with Gasteiger partial charge in [-0.1, -0.05) is 15.9 Å². The molecule has 2 aromatic carbocycles. The van der Waals surface area contributed by atoms with Gasteiger partial charge in [-0.15, -0.1) is 0 Å². The number of nitrogens with zero attached hydrogens (tertiary/aromatic N) is 1. The fourth-order valence-electron chi connectivity index (χ4n) is 3.57. The first-order valence-electron chi connectivity index (χ1n) is 9.30. The fourth-order valence-corrected chi connectivity index (χ4v) is 5.11. The van der Waals surface area contributed by atoms with Crippen molar-refractivity contribution in [3.63, 3.8) is 0 Å². The second-order valence-electron chi connectivity index (χ2n) is 7.31. The molecule has 1 aliphatic heterocycles. The number of carbonyl (C=O) groups excluding carboxylic acids is 2. The van der Waals surface area contributed by atoms with Gasteiger partial charge in [0.25, 0.3) is 0 Å². The van der Waals surface area contributed by atoms with Crippen LogP contribution in [-0.4, -0.2) is 32.0 Å². The monoisotopic (exact) mass is 478 g/mol. The number of rotatable bonds is 5. The number of amides is 2. The Balaban J connectivity index is 1.68. The number of hydrogen-bond donors (Lipinski definition) is 1. The number of nitrogens with one attached hydrogen (secondary N) is 1. The third-order valence-corrected chi connectivity index (χ3v) is 7.61. The van der Waals surface area contributed by atoms with Crippen molar-refractivity contribution in [1.29, 1.82) is 0 Å². The van der Waals surface area contributed by atoms with Crippen LogP contribution in [0.4, 0.5) is 11.4 Å². The van der Waals surface area contributed by atoms with Crippen molar-refractivity contribution in [3.05, 3.63) is 52.0 Å². The van der Waals surface area contributed by atoms with Crippen LogP contribution < -0.4 is 10.2 Å². The molecule has 1 unspecified atom stereocenters. The van der Waals surface area contributed by atoms with Gasteiger partial charge in [0.15, 0.2) is 9.84 Å². The summed E-state index contributed by atoms with van der Waals surface area (Å²) in [6, 6.07) is 10.2. The molecule has 1 heterocycles. The quantitative estimate of drug-likeness (QED) is 0.706. The minimum Gasteiger partial charge on any atom is -0.326 e. The highest BCUT2D eigenvalue weighted by atomic mass is 79.9. The van der Waals surface area contributed by atoms with Gasteiger partial charge in [-0.05, 0) is 67.8 Å². The lowest BCUT2D eigenvalue weighted by Crippen LogP contribution is -2.33. The molecule has 2 aromatic rings. The highest BCUT2D eigenvalue weighted by Gasteiger charge is 2.30. The molecule has 1 aliphatic rings. The Labute approximate surface area is 179 Å². The van der Waals surface area contributed by atoms with Crippen LogP contribution in [0.3, 0.4) is 0 Å². The van der Waals surface area contributed by atoms with Crippen LogP contribution in [-0.2, 0) is 25.8 Å². The number of hydrogen-bond acceptors (Lipinski definition) is 4. The Morgan fingerprint density at radius 2 is 1.93 bits per heavy atom. The Morgan fingerprint density at radius 1 is 1.21 bits per heavy atom. The summed E-state index contributed by atoms with van der Waals surface area (Å²) < 4.78 is 26.4. The van der Waals surface area contributed by atoms with Gasteiger partial charge < -0.3 is 10.2 Å². The molecule has 0 saturated heterocycles. The predicted octanol–water partition coefficient (Wildman–Crippen LogP) is 3.86. The molecule has 0 saturated carbocycles. The van der Waals surface area contributed by atoms with Gasteiger partial charge in [0.2, 0.25) is 11.8 Å². The van der Waals surface area contributed by atoms with Gasteiger partial charge in [-0.2, -0.15) is 0 Å². The molecule has 0 aromatic heterocycles. The molecule has 29 heavy (non-hydrogen) atoms. The molecule has 154 valence electrons. The van der Waals surface area contributed by atoms with E-state index < -0.39 is 9.84 Å². The number of sulfone groups is 1. The molecule has 6 nitrogen and oxygen atoms in total. The Kier molecular flexibility index (Phi) is 6.14. The molecule has 2 amide bonds. The van der Waals surface area contributed by atoms with Crippen molar-refractivity contribution < 1.29 is 18.0 Å². The molecule has 0 spiro atoms. The van der Waals surface area contributed by atoms with E-state index >= 15 is 0 Å². The first-order valence-corrected chi connectivity index (χ1v) is 11.7. The second-order valence-corrected chi connectivity index (χ2v) is 10.3. The van der Waals surface area contributed by atoms with Crippen LogP contribution in [0.1, 0.15) is 31.4 Å². The van der Waals surface area contributed by atoms with E-state index in [1.54, 1.807) is 23.1 Å². The largest absolute Gasteiger partial charge is 0.326 e. The topological polar surface area (TPSA) is 83.6 Å². The minimum atomic E-state index is -3.61. The van der Waals surface area contributed by atoms with Gasteiger partial charge in [-0.3, -0.25) is 9.59 Å². The summed E-state index contributed by atoms with van der Waals surface area (Å²) in [5, 5.41) is 2.73. The number of carbonyl (C=O) groups is 2. The Morgan fingerprint density at radius 3 is 2.59 bits per heavy atom. The fraction of sp³-hybridized carbons (Fsp3) is 0.333. The highest BCUT2D eigenvalue weighted by molar-refractivity contribution is 9.10. The third-order valence-electron chi connectivity index (χ3n) is 5.00. The zero-order valence-electron chi connectivity index (χ0n) is 16.5. The second kappa shape index (κ2) is 8.28. The van der Waals surface area contributed by atoms with Gasteiger partial charge >= 0.3 is 0 Å². The normalized spacial score (nSPS) is 15.9. The zero-order chi connectivity index (χ0) is 21.3. The lowest BCUT2D eigenvalue weighted by molar-refractivity contribution is -0.117. The molecule has 0 fully saturated rings. The van der Waals surface area contributed by atoms with Crippen molar-refractivity contribution in [2.45, 2.75) is 44.6 Å². The molecular weight excluding hydrogens is 456 g/mol. The summed E-state index contributed by atoms with van der Waals surface area (Å²) >= 11 is 3.40. The van der Waals surface area contributed by atoms with E-state index in [-0.39, 0.29) is 34.9 Å². The summed E-state index contributed by atoms with van der Waals surface area (Å²) in [6.07, 6.45) is 0.478. The van der Waals surface area contributed by atoms with E-state index in [4.69, 9.17) is 0 Å². The van der Waals surface area contributed by atoms with Crippen LogP contribution in [0.5, 0.6) is 0 Å². The van der Waals surface area contributed by atoms with Crippen LogP contribution in [0.2, 0.25) is 0 Å². The lowest BCUT2D eigenvalue weighted by Gasteiger charge is -2.20. The van der Waals surface area contributed by atoms with Crippen LogP contribution in [0.25, 0.3) is 0 Å². The zero-order valence-corrected chi connectivity index (χ0v) is 18.9. The number of benzene rings is 2. The van der Waals surface area contributed by atoms with Crippen molar-refractivity contribution >= 4 is 49.0 Å². The number of aryl methyl sites for hydroxylation is 1. The minimum absolute atomic E-state index is 0.000553. The van der Waals surface area contributed by atoms with Crippen molar-refractivity contribution in [2.75, 3.05) is 16.0 Å². The number of fused-ring (bicyclic) bond motifs is 1. The molecule has 3 rings (SSSR count). The first kappa shape index (κ1) is 21.5. The maximum Gasteiger partial charge on any atom is 0.225 e. The van der Waals surface area contributed by atoms with Crippen LogP contribution >= 0.6 is 15.9 Å². The standard InChI is InChI=1S/C21H23BrN2O4S/c1-13-10-17(4-6-19(13)22)23-21(26)8-9-29(27,28)18-5-7-20-16(12-18)11-14(2)24(20)15(3)25/h4-7,10,12,14H,8-9,11H2,1-3H3,(H,23,26). The molecular formula is C21H23BrN2O4S. The maximum atomic E-state index is 12.7. The molecule has 0 aliphatic carbocycles. The van der Waals surface area contributed by atoms with Crippen molar-refractivity contribution in [1.82, 2.24) is 0 Å². The molecule has 8 heteroatoms. The maximum absolute atomic E-state index is 12.7. The van der Waals surface area contributed by atoms with E-state index in [2.05, 4.69) is 21.2 Å². The van der Waals surface area contributed by atoms with Crippen molar-refractivity contribution in [3.8, 4) is 0 Å². The van der Waals surface area contributed by atoms with E-state index in [1.165, 1.54) is 13.0 Å². The summed E-state index contributed by atoms with van der Waals surface area (Å²) in [4.78, 5) is 25.9. The molecule has 1 atom stereocenters. The van der Waals surface area contributed by atoms with Gasteiger partial charge in [0.05, 0.1) is 10.6 Å². The van der Waals surface area contributed by atoms with Crippen molar-refractivity contribution in [2.24, 2.45) is 0 Å². The summed E-state index contributed by atoms with van der Waals surface area (Å²) in [7, 11) is -3.61. The van der Waals surface area contributed by atoms with Gasteiger partial charge in [0.1, 0.15) is 0 Å². The van der Waals surface area contributed by atoms with E-state index in [9.17, 15) is 18.0 Å². The summed E-state index contributed by atoms with van der Waals surface area (Å²) in [5.74, 6) is -0.696. The van der Waals surface area contributed by atoms with E-state index in [1.807, 2.05) is 26.0 Å². The third kappa shape index (κ3) is 4.70. The molecule has 0 bridgehead atoms. The summed E-state index contributed by atoms with van der Waals surface area (Å²) in [6.45, 7) is 5.34. The number of anilines is 2. The lowest BCUT2D eigenvalue weighted by atomic mass is 10.1. The average molecular weight is 479 g/mol. The first-order chi connectivity index (χ1) is 13.6. The Bertz CT molecular complexity index is 1080. The van der Waals surface area contributed by atoms with Crippen LogP contribution in [0, 0.1) is 6.92 Å². The predicted molar refractivity (Wildman–Crippen MR) is 117 cm³/mol. The van der Waals surface area contributed by atoms with Gasteiger partial charge in [0, 0.05) is 35.2 Å². The average Bonchev–Trinajstić information content (AvgIpc) is 2.98.